The number of rotatable bonds is 11. The maximum atomic E-state index is 12.7. The first-order chi connectivity index (χ1) is 16.0. The predicted octanol–water partition coefficient (Wildman–Crippen LogP) is 6.21. The molecule has 1 amide bonds. The summed E-state index contributed by atoms with van der Waals surface area (Å²) in [6.45, 7) is 8.62. The van der Waals surface area contributed by atoms with Crippen molar-refractivity contribution < 1.29 is 9.53 Å². The number of carbonyl (C=O) groups excluding carboxylic acids is 1. The molecule has 0 saturated heterocycles. The fraction of sp³-hybridized carbons (Fsp3) is 0.292. The highest BCUT2D eigenvalue weighted by Gasteiger charge is 2.16. The van der Waals surface area contributed by atoms with E-state index in [-0.39, 0.29) is 18.3 Å². The molecule has 0 fully saturated rings. The minimum atomic E-state index is -0.0884. The van der Waals surface area contributed by atoms with Crippen LogP contribution in [0.5, 0.6) is 5.75 Å². The second kappa shape index (κ2) is 12.1. The number of nitrogens with one attached hydrogen (secondary N) is 1. The van der Waals surface area contributed by atoms with Gasteiger partial charge in [0.05, 0.1) is 10.8 Å². The topological polar surface area (TPSA) is 69.0 Å². The van der Waals surface area contributed by atoms with Crippen molar-refractivity contribution in [3.8, 4) is 5.75 Å². The molecule has 1 heterocycles. The lowest BCUT2D eigenvalue weighted by Gasteiger charge is -2.14. The van der Waals surface area contributed by atoms with Crippen LogP contribution in [0, 0.1) is 0 Å². The molecule has 174 valence electrons. The number of nitrogens with zero attached hydrogens (tertiary/aromatic N) is 3. The van der Waals surface area contributed by atoms with E-state index < -0.39 is 0 Å². The van der Waals surface area contributed by atoms with Crippen molar-refractivity contribution in [3.05, 3.63) is 76.0 Å². The molecule has 0 aliphatic carbocycles. The fourth-order valence-corrected chi connectivity index (χ4v) is 4.52. The Morgan fingerprint density at radius 1 is 1.18 bits per heavy atom. The van der Waals surface area contributed by atoms with E-state index in [9.17, 15) is 4.79 Å². The molecule has 3 rings (SSSR count). The van der Waals surface area contributed by atoms with Crippen LogP contribution in [0.15, 0.2) is 54.2 Å². The van der Waals surface area contributed by atoms with E-state index in [4.69, 9.17) is 27.9 Å². The molecule has 1 aromatic heterocycles. The molecule has 1 N–H and O–H groups in total. The van der Waals surface area contributed by atoms with Gasteiger partial charge in [-0.05, 0) is 42.2 Å². The molecule has 0 aliphatic rings. The van der Waals surface area contributed by atoms with Gasteiger partial charge in [0.15, 0.2) is 11.0 Å². The van der Waals surface area contributed by atoms with Gasteiger partial charge in [0.1, 0.15) is 12.4 Å². The summed E-state index contributed by atoms with van der Waals surface area (Å²) in [5.74, 6) is 1.23. The number of anilines is 1. The van der Waals surface area contributed by atoms with E-state index >= 15 is 0 Å². The number of amides is 1. The fourth-order valence-electron chi connectivity index (χ4n) is 3.29. The van der Waals surface area contributed by atoms with Crippen molar-refractivity contribution in [1.82, 2.24) is 14.8 Å². The summed E-state index contributed by atoms with van der Waals surface area (Å²) in [6.07, 6.45) is 3.45. The second-order valence-electron chi connectivity index (χ2n) is 7.16. The molecule has 0 spiro atoms. The number of aromatic nitrogens is 3. The summed E-state index contributed by atoms with van der Waals surface area (Å²) in [7, 11) is 0. The molecule has 0 unspecified atom stereocenters. The lowest BCUT2D eigenvalue weighted by molar-refractivity contribution is -0.113. The monoisotopic (exact) mass is 504 g/mol. The molecule has 33 heavy (non-hydrogen) atoms. The van der Waals surface area contributed by atoms with Gasteiger partial charge in [0.25, 0.3) is 0 Å². The highest BCUT2D eigenvalue weighted by Crippen LogP contribution is 2.28. The highest BCUT2D eigenvalue weighted by molar-refractivity contribution is 7.99. The summed E-state index contributed by atoms with van der Waals surface area (Å²) in [6, 6.07) is 11.1. The molecule has 9 heteroatoms. The van der Waals surface area contributed by atoms with Crippen molar-refractivity contribution >= 4 is 46.6 Å². The molecule has 2 aromatic carbocycles. The molecule has 0 radical (unpaired) electrons. The summed E-state index contributed by atoms with van der Waals surface area (Å²) in [5.41, 5.74) is 3.17. The average molecular weight is 505 g/mol. The van der Waals surface area contributed by atoms with Crippen LogP contribution in [0.2, 0.25) is 10.0 Å². The van der Waals surface area contributed by atoms with Crippen LogP contribution in [-0.2, 0) is 30.8 Å². The average Bonchev–Trinajstić information content (AvgIpc) is 3.19. The first kappa shape index (κ1) is 25.1. The zero-order valence-corrected chi connectivity index (χ0v) is 20.9. The number of para-hydroxylation sites is 1. The second-order valence-corrected chi connectivity index (χ2v) is 8.94. The quantitative estimate of drug-likeness (QED) is 0.248. The molecule has 0 aliphatic heterocycles. The van der Waals surface area contributed by atoms with Gasteiger partial charge in [-0.25, -0.2) is 0 Å². The first-order valence-electron chi connectivity index (χ1n) is 10.6. The lowest BCUT2D eigenvalue weighted by atomic mass is 10.0. The number of hydrogen-bond acceptors (Lipinski definition) is 5. The van der Waals surface area contributed by atoms with E-state index in [0.717, 1.165) is 29.7 Å². The largest absolute Gasteiger partial charge is 0.484 e. The van der Waals surface area contributed by atoms with E-state index in [2.05, 4.69) is 35.9 Å². The molecule has 0 saturated carbocycles. The van der Waals surface area contributed by atoms with Crippen LogP contribution >= 0.6 is 35.0 Å². The third kappa shape index (κ3) is 6.53. The molecular formula is C24H26Cl2N4O2S. The van der Waals surface area contributed by atoms with Gasteiger partial charge in [0.2, 0.25) is 5.91 Å². The summed E-state index contributed by atoms with van der Waals surface area (Å²) < 4.78 is 7.66. The number of aryl methyl sites for hydroxylation is 2. The number of benzene rings is 2. The Labute approximate surface area is 208 Å². The number of hydrogen-bond donors (Lipinski definition) is 1. The minimum absolute atomic E-state index is 0.0884. The first-order valence-corrected chi connectivity index (χ1v) is 12.3. The zero-order valence-electron chi connectivity index (χ0n) is 18.6. The molecular weight excluding hydrogens is 479 g/mol. The Balaban J connectivity index is 1.67. The van der Waals surface area contributed by atoms with Gasteiger partial charge in [-0.15, -0.1) is 16.8 Å². The number of halogens is 2. The van der Waals surface area contributed by atoms with Crippen molar-refractivity contribution in [3.63, 3.8) is 0 Å². The van der Waals surface area contributed by atoms with E-state index in [1.165, 1.54) is 11.8 Å². The Morgan fingerprint density at radius 3 is 2.55 bits per heavy atom. The maximum absolute atomic E-state index is 12.7. The normalized spacial score (nSPS) is 10.8. The van der Waals surface area contributed by atoms with Gasteiger partial charge in [-0.1, -0.05) is 73.1 Å². The van der Waals surface area contributed by atoms with E-state index in [0.29, 0.717) is 33.3 Å². The Kier molecular flexibility index (Phi) is 9.23. The van der Waals surface area contributed by atoms with Crippen LogP contribution in [0.4, 0.5) is 5.69 Å². The van der Waals surface area contributed by atoms with Crippen molar-refractivity contribution in [1.29, 1.82) is 0 Å². The smallest absolute Gasteiger partial charge is 0.234 e. The SMILES string of the molecule is C=CCn1c(COc2ccc(Cl)cc2Cl)nnc1SCC(=O)Nc1c(CC)cccc1CC. The third-order valence-electron chi connectivity index (χ3n) is 4.95. The van der Waals surface area contributed by atoms with Gasteiger partial charge < -0.3 is 10.1 Å². The van der Waals surface area contributed by atoms with Crippen LogP contribution in [0.1, 0.15) is 30.8 Å². The Bertz CT molecular complexity index is 1110. The van der Waals surface area contributed by atoms with Crippen molar-refractivity contribution in [2.24, 2.45) is 0 Å². The van der Waals surface area contributed by atoms with Crippen molar-refractivity contribution in [2.75, 3.05) is 11.1 Å². The summed E-state index contributed by atoms with van der Waals surface area (Å²) >= 11 is 13.4. The van der Waals surface area contributed by atoms with Crippen molar-refractivity contribution in [2.45, 2.75) is 45.0 Å². The Morgan fingerprint density at radius 2 is 1.91 bits per heavy atom. The maximum Gasteiger partial charge on any atom is 0.234 e. The summed E-state index contributed by atoms with van der Waals surface area (Å²) in [4.78, 5) is 12.7. The van der Waals surface area contributed by atoms with Gasteiger partial charge in [-0.2, -0.15) is 0 Å². The number of allylic oxidation sites excluding steroid dienone is 1. The van der Waals surface area contributed by atoms with Crippen LogP contribution in [0.25, 0.3) is 0 Å². The van der Waals surface area contributed by atoms with Gasteiger partial charge >= 0.3 is 0 Å². The predicted molar refractivity (Wildman–Crippen MR) is 136 cm³/mol. The van der Waals surface area contributed by atoms with E-state index in [1.54, 1.807) is 24.3 Å². The zero-order chi connectivity index (χ0) is 23.8. The minimum Gasteiger partial charge on any atom is -0.484 e. The van der Waals surface area contributed by atoms with Gasteiger partial charge in [-0.3, -0.25) is 9.36 Å². The van der Waals surface area contributed by atoms with Crippen LogP contribution in [-0.4, -0.2) is 26.4 Å². The molecule has 6 nitrogen and oxygen atoms in total. The van der Waals surface area contributed by atoms with Crippen LogP contribution in [0.3, 0.4) is 0 Å². The van der Waals surface area contributed by atoms with Crippen LogP contribution < -0.4 is 10.1 Å². The molecule has 0 bridgehead atoms. The summed E-state index contributed by atoms with van der Waals surface area (Å²) in [5, 5.41) is 13.1. The number of carbonyl (C=O) groups is 1. The molecule has 0 atom stereocenters. The molecule has 3 aromatic rings. The Hall–Kier alpha value is -2.48. The van der Waals surface area contributed by atoms with E-state index in [1.807, 2.05) is 22.8 Å². The number of ether oxygens (including phenoxy) is 1. The lowest BCUT2D eigenvalue weighted by Crippen LogP contribution is -2.17. The van der Waals surface area contributed by atoms with Gasteiger partial charge in [0, 0.05) is 17.3 Å². The third-order valence-corrected chi connectivity index (χ3v) is 6.45. The standard InChI is InChI=1S/C24H26Cl2N4O2S/c1-4-12-30-21(14-32-20-11-10-18(25)13-19(20)26)28-29-24(30)33-15-22(31)27-23-16(5-2)8-7-9-17(23)6-3/h4,7-11,13H,1,5-6,12,14-15H2,2-3H3,(H,27,31). The number of thioether (sulfide) groups is 1. The highest BCUT2D eigenvalue weighted by atomic mass is 35.5.